The first-order valence-corrected chi connectivity index (χ1v) is 6.77. The van der Waals surface area contributed by atoms with Gasteiger partial charge in [-0.1, -0.05) is 11.6 Å². The van der Waals surface area contributed by atoms with Crippen LogP contribution in [0.25, 0.3) is 0 Å². The van der Waals surface area contributed by atoms with Gasteiger partial charge in [0.05, 0.1) is 17.9 Å². The number of anilines is 3. The highest BCUT2D eigenvalue weighted by Gasteiger charge is 2.13. The van der Waals surface area contributed by atoms with E-state index in [1.54, 1.807) is 30.3 Å². The predicted octanol–water partition coefficient (Wildman–Crippen LogP) is 3.16. The molecule has 0 heterocycles. The molecule has 6 heteroatoms. The first kappa shape index (κ1) is 15.0. The molecule has 0 radical (unpaired) electrons. The fraction of sp³-hybridized carbons (Fsp3) is 0.133. The van der Waals surface area contributed by atoms with Gasteiger partial charge in [-0.15, -0.1) is 0 Å². The Morgan fingerprint density at radius 1 is 1.24 bits per heavy atom. The highest BCUT2D eigenvalue weighted by molar-refractivity contribution is 6.31. The number of hydrogen-bond donors (Lipinski definition) is 3. The summed E-state index contributed by atoms with van der Waals surface area (Å²) in [4.78, 5) is 12.3. The van der Waals surface area contributed by atoms with Crippen LogP contribution in [0.1, 0.15) is 17.3 Å². The van der Waals surface area contributed by atoms with Crippen molar-refractivity contribution in [1.29, 1.82) is 0 Å². The van der Waals surface area contributed by atoms with E-state index in [-0.39, 0.29) is 5.91 Å². The maximum absolute atomic E-state index is 12.3. The van der Waals surface area contributed by atoms with Crippen LogP contribution in [-0.2, 0) is 0 Å². The van der Waals surface area contributed by atoms with Crippen molar-refractivity contribution in [3.05, 3.63) is 47.0 Å². The fourth-order valence-electron chi connectivity index (χ4n) is 1.86. The topological polar surface area (TPSA) is 90.4 Å². The maximum Gasteiger partial charge on any atom is 0.257 e. The monoisotopic (exact) mass is 305 g/mol. The van der Waals surface area contributed by atoms with Gasteiger partial charge in [0, 0.05) is 16.4 Å². The summed E-state index contributed by atoms with van der Waals surface area (Å²) in [7, 11) is 0. The molecule has 0 fully saturated rings. The normalized spacial score (nSPS) is 10.2. The molecule has 5 nitrogen and oxygen atoms in total. The number of benzene rings is 2. The Morgan fingerprint density at radius 2 is 2.00 bits per heavy atom. The molecule has 0 aliphatic rings. The molecule has 21 heavy (non-hydrogen) atoms. The average molecular weight is 306 g/mol. The van der Waals surface area contributed by atoms with Crippen LogP contribution in [0.2, 0.25) is 5.02 Å². The summed E-state index contributed by atoms with van der Waals surface area (Å²) in [6, 6.07) is 9.75. The Morgan fingerprint density at radius 3 is 2.67 bits per heavy atom. The summed E-state index contributed by atoms with van der Waals surface area (Å²) in [5, 5.41) is 3.24. The summed E-state index contributed by atoms with van der Waals surface area (Å²) in [5.41, 5.74) is 13.1. The SMILES string of the molecule is CCOc1ccc(Cl)cc1NC(=O)c1ccc(N)cc1N. The molecule has 1 amide bonds. The van der Waals surface area contributed by atoms with E-state index in [2.05, 4.69) is 5.32 Å². The molecule has 0 bridgehead atoms. The van der Waals surface area contributed by atoms with Crippen molar-refractivity contribution >= 4 is 34.6 Å². The molecule has 0 unspecified atom stereocenters. The Hall–Kier alpha value is -2.40. The van der Waals surface area contributed by atoms with Crippen LogP contribution < -0.4 is 21.5 Å². The second kappa shape index (κ2) is 6.37. The van der Waals surface area contributed by atoms with Crippen LogP contribution in [-0.4, -0.2) is 12.5 Å². The molecule has 0 saturated carbocycles. The number of carbonyl (C=O) groups excluding carboxylic acids is 1. The average Bonchev–Trinajstić information content (AvgIpc) is 2.41. The van der Waals surface area contributed by atoms with Gasteiger partial charge in [0.1, 0.15) is 5.75 Å². The number of nitrogen functional groups attached to an aromatic ring is 2. The van der Waals surface area contributed by atoms with Crippen LogP contribution in [0.5, 0.6) is 5.75 Å². The zero-order chi connectivity index (χ0) is 15.4. The van der Waals surface area contributed by atoms with Crippen LogP contribution in [0, 0.1) is 0 Å². The largest absolute Gasteiger partial charge is 0.492 e. The first-order chi connectivity index (χ1) is 10.0. The number of rotatable bonds is 4. The van der Waals surface area contributed by atoms with Gasteiger partial charge in [-0.05, 0) is 43.3 Å². The summed E-state index contributed by atoms with van der Waals surface area (Å²) in [5.74, 6) is 0.194. The summed E-state index contributed by atoms with van der Waals surface area (Å²) in [6.07, 6.45) is 0. The molecular weight excluding hydrogens is 290 g/mol. The summed E-state index contributed by atoms with van der Waals surface area (Å²) in [6.45, 7) is 2.34. The van der Waals surface area contributed by atoms with E-state index < -0.39 is 0 Å². The standard InChI is InChI=1S/C15H16ClN3O2/c1-2-21-14-6-3-9(16)7-13(14)19-15(20)11-5-4-10(17)8-12(11)18/h3-8H,2,17-18H2,1H3,(H,19,20). The molecular formula is C15H16ClN3O2. The molecule has 0 aliphatic carbocycles. The molecule has 2 aromatic carbocycles. The zero-order valence-corrected chi connectivity index (χ0v) is 12.3. The van der Waals surface area contributed by atoms with Gasteiger partial charge in [-0.25, -0.2) is 0 Å². The van der Waals surface area contributed by atoms with Crippen molar-refractivity contribution in [2.75, 3.05) is 23.4 Å². The second-order valence-electron chi connectivity index (χ2n) is 4.37. The highest BCUT2D eigenvalue weighted by Crippen LogP contribution is 2.29. The van der Waals surface area contributed by atoms with Crippen molar-refractivity contribution in [1.82, 2.24) is 0 Å². The van der Waals surface area contributed by atoms with Gasteiger partial charge in [0.2, 0.25) is 0 Å². The third kappa shape index (κ3) is 3.58. The third-order valence-electron chi connectivity index (χ3n) is 2.81. The summed E-state index contributed by atoms with van der Waals surface area (Å²) >= 11 is 5.95. The lowest BCUT2D eigenvalue weighted by molar-refractivity contribution is 0.102. The number of amides is 1. The van der Waals surface area contributed by atoms with Crippen LogP contribution in [0.4, 0.5) is 17.1 Å². The molecule has 0 aromatic heterocycles. The minimum atomic E-state index is -0.351. The minimum absolute atomic E-state index is 0.312. The fourth-order valence-corrected chi connectivity index (χ4v) is 2.03. The van der Waals surface area contributed by atoms with Gasteiger partial charge >= 0.3 is 0 Å². The number of carbonyl (C=O) groups is 1. The van der Waals surface area contributed by atoms with Crippen LogP contribution in [0.3, 0.4) is 0 Å². The molecule has 110 valence electrons. The first-order valence-electron chi connectivity index (χ1n) is 6.40. The van der Waals surface area contributed by atoms with E-state index in [4.69, 9.17) is 27.8 Å². The molecule has 2 aromatic rings. The van der Waals surface area contributed by atoms with Gasteiger partial charge in [0.15, 0.2) is 0 Å². The van der Waals surface area contributed by atoms with Crippen LogP contribution in [0.15, 0.2) is 36.4 Å². The van der Waals surface area contributed by atoms with Gasteiger partial charge in [-0.3, -0.25) is 4.79 Å². The maximum atomic E-state index is 12.3. The molecule has 0 spiro atoms. The molecule has 2 rings (SSSR count). The van der Waals surface area contributed by atoms with E-state index in [9.17, 15) is 4.79 Å². The van der Waals surface area contributed by atoms with E-state index in [0.717, 1.165) is 0 Å². The van der Waals surface area contributed by atoms with Crippen LogP contribution >= 0.6 is 11.6 Å². The Labute approximate surface area is 127 Å². The lowest BCUT2D eigenvalue weighted by Gasteiger charge is -2.13. The molecule has 0 atom stereocenters. The smallest absolute Gasteiger partial charge is 0.257 e. The van der Waals surface area contributed by atoms with Crippen molar-refractivity contribution in [2.24, 2.45) is 0 Å². The quantitative estimate of drug-likeness (QED) is 0.757. The van der Waals surface area contributed by atoms with E-state index >= 15 is 0 Å². The number of hydrogen-bond acceptors (Lipinski definition) is 4. The van der Waals surface area contributed by atoms with Gasteiger partial charge in [0.25, 0.3) is 5.91 Å². The number of nitrogens with two attached hydrogens (primary N) is 2. The zero-order valence-electron chi connectivity index (χ0n) is 11.5. The molecule has 0 saturated heterocycles. The second-order valence-corrected chi connectivity index (χ2v) is 4.81. The van der Waals surface area contributed by atoms with E-state index in [1.807, 2.05) is 6.92 Å². The summed E-state index contributed by atoms with van der Waals surface area (Å²) < 4.78 is 5.45. The lowest BCUT2D eigenvalue weighted by Crippen LogP contribution is -2.15. The van der Waals surface area contributed by atoms with E-state index in [0.29, 0.717) is 40.0 Å². The van der Waals surface area contributed by atoms with E-state index in [1.165, 1.54) is 6.07 Å². The van der Waals surface area contributed by atoms with Crippen molar-refractivity contribution in [3.63, 3.8) is 0 Å². The Balaban J connectivity index is 2.28. The lowest BCUT2D eigenvalue weighted by atomic mass is 10.1. The van der Waals surface area contributed by atoms with Gasteiger partial charge < -0.3 is 21.5 Å². The third-order valence-corrected chi connectivity index (χ3v) is 3.04. The minimum Gasteiger partial charge on any atom is -0.492 e. The number of nitrogens with one attached hydrogen (secondary N) is 1. The van der Waals surface area contributed by atoms with Crippen molar-refractivity contribution < 1.29 is 9.53 Å². The predicted molar refractivity (Wildman–Crippen MR) is 85.8 cm³/mol. The highest BCUT2D eigenvalue weighted by atomic mass is 35.5. The molecule has 5 N–H and O–H groups in total. The van der Waals surface area contributed by atoms with Gasteiger partial charge in [-0.2, -0.15) is 0 Å². The number of halogens is 1. The Kier molecular flexibility index (Phi) is 4.55. The number of ether oxygens (including phenoxy) is 1. The van der Waals surface area contributed by atoms with Crippen molar-refractivity contribution in [3.8, 4) is 5.75 Å². The van der Waals surface area contributed by atoms with Crippen molar-refractivity contribution in [2.45, 2.75) is 6.92 Å². The molecule has 0 aliphatic heterocycles. The Bertz CT molecular complexity index is 674.